The summed E-state index contributed by atoms with van der Waals surface area (Å²) in [4.78, 5) is 41.6. The first-order valence-corrected chi connectivity index (χ1v) is 16.6. The quantitative estimate of drug-likeness (QED) is 0.393. The zero-order valence-corrected chi connectivity index (χ0v) is 22.7. The van der Waals surface area contributed by atoms with Crippen LogP contribution in [0.4, 0.5) is 9.59 Å². The molecule has 2 aliphatic rings. The highest BCUT2D eigenvalue weighted by Gasteiger charge is 2.51. The second-order valence-corrected chi connectivity index (χ2v) is 16.6. The van der Waals surface area contributed by atoms with Crippen molar-refractivity contribution >= 4 is 26.2 Å². The van der Waals surface area contributed by atoms with Crippen molar-refractivity contribution in [2.45, 2.75) is 56.7 Å². The molecule has 0 aromatic heterocycles. The van der Waals surface area contributed by atoms with Crippen molar-refractivity contribution in [3.8, 4) is 0 Å². The van der Waals surface area contributed by atoms with Gasteiger partial charge in [-0.2, -0.15) is 0 Å². The molecule has 2 amide bonds. The second kappa shape index (κ2) is 11.4. The van der Waals surface area contributed by atoms with Crippen molar-refractivity contribution in [3.05, 3.63) is 71.8 Å². The summed E-state index contributed by atoms with van der Waals surface area (Å²) in [6.07, 6.45) is -1.28. The number of carboxylic acid groups (broad SMARTS) is 1. The van der Waals surface area contributed by atoms with E-state index in [1.54, 1.807) is 4.90 Å². The Morgan fingerprint density at radius 1 is 0.946 bits per heavy atom. The van der Waals surface area contributed by atoms with E-state index in [4.69, 9.17) is 9.47 Å². The van der Waals surface area contributed by atoms with Crippen molar-refractivity contribution in [3.63, 3.8) is 0 Å². The number of morpholine rings is 1. The molecule has 37 heavy (non-hydrogen) atoms. The molecule has 0 aliphatic carbocycles. The lowest BCUT2D eigenvalue weighted by molar-refractivity contribution is -0.177. The van der Waals surface area contributed by atoms with Crippen LogP contribution in [0.5, 0.6) is 0 Å². The number of hydrogen-bond donors (Lipinski definition) is 1. The summed E-state index contributed by atoms with van der Waals surface area (Å²) in [7, 11) is -1.31. The largest absolute Gasteiger partial charge is 0.465 e. The Bertz CT molecular complexity index is 1080. The topological polar surface area (TPSA) is 96.4 Å². The molecule has 0 spiro atoms. The monoisotopic (exact) mass is 524 g/mol. The number of ether oxygens (including phenoxy) is 2. The number of hydrogen-bond acceptors (Lipinski definition) is 5. The molecule has 2 aromatic carbocycles. The smallest absolute Gasteiger partial charge is 0.409 e. The SMILES string of the molecule is C[Si](C)(C)CCOC(=O)N1CCC([C@@H]2C(=O)O[C@@H](c3ccccc3)[C@@H](c3ccccc3)N2C(=O)O)CC1. The maximum Gasteiger partial charge on any atom is 0.409 e. The minimum absolute atomic E-state index is 0.266. The Morgan fingerprint density at radius 2 is 1.51 bits per heavy atom. The molecule has 4 rings (SSSR count). The van der Waals surface area contributed by atoms with Crippen molar-refractivity contribution in [1.29, 1.82) is 0 Å². The predicted octanol–water partition coefficient (Wildman–Crippen LogP) is 5.56. The molecule has 0 bridgehead atoms. The second-order valence-electron chi connectivity index (χ2n) is 11.0. The Hall–Kier alpha value is -3.33. The first-order valence-electron chi connectivity index (χ1n) is 12.9. The number of carbonyl (C=O) groups is 3. The van der Waals surface area contributed by atoms with Crippen LogP contribution in [-0.2, 0) is 14.3 Å². The fourth-order valence-corrected chi connectivity index (χ4v) is 5.88. The number of esters is 1. The fourth-order valence-electron chi connectivity index (χ4n) is 5.16. The van der Waals surface area contributed by atoms with Crippen molar-refractivity contribution in [2.75, 3.05) is 19.7 Å². The van der Waals surface area contributed by atoms with E-state index in [1.807, 2.05) is 60.7 Å². The first kappa shape index (κ1) is 26.7. The minimum atomic E-state index is -1.31. The van der Waals surface area contributed by atoms with Crippen LogP contribution in [0.3, 0.4) is 0 Å². The molecule has 3 atom stereocenters. The third-order valence-corrected chi connectivity index (χ3v) is 8.89. The van der Waals surface area contributed by atoms with Crippen molar-refractivity contribution < 1.29 is 29.0 Å². The number of benzene rings is 2. The van der Waals surface area contributed by atoms with Gasteiger partial charge in [0.05, 0.1) is 6.61 Å². The minimum Gasteiger partial charge on any atom is -0.465 e. The Balaban J connectivity index is 1.53. The molecule has 0 saturated carbocycles. The third-order valence-electron chi connectivity index (χ3n) is 7.18. The van der Waals surface area contributed by atoms with Gasteiger partial charge in [-0.3, -0.25) is 4.90 Å². The van der Waals surface area contributed by atoms with Crippen molar-refractivity contribution in [2.24, 2.45) is 5.92 Å². The highest BCUT2D eigenvalue weighted by atomic mass is 28.3. The maximum absolute atomic E-state index is 13.4. The summed E-state index contributed by atoms with van der Waals surface area (Å²) in [6, 6.07) is 17.8. The number of carbonyl (C=O) groups excluding carboxylic acids is 2. The van der Waals surface area contributed by atoms with Gasteiger partial charge in [0, 0.05) is 21.2 Å². The van der Waals surface area contributed by atoms with E-state index < -0.39 is 38.3 Å². The normalized spacial score (nSPS) is 22.9. The third kappa shape index (κ3) is 6.33. The van der Waals surface area contributed by atoms with Gasteiger partial charge in [0.1, 0.15) is 12.1 Å². The van der Waals surface area contributed by atoms with Crippen molar-refractivity contribution in [1.82, 2.24) is 9.80 Å². The highest BCUT2D eigenvalue weighted by molar-refractivity contribution is 6.76. The average Bonchev–Trinajstić information content (AvgIpc) is 2.88. The lowest BCUT2D eigenvalue weighted by Gasteiger charge is -2.47. The number of likely N-dealkylation sites (tertiary alicyclic amines) is 1. The molecule has 1 N–H and O–H groups in total. The molecule has 2 saturated heterocycles. The number of cyclic esters (lactones) is 1. The molecule has 9 heteroatoms. The number of nitrogens with zero attached hydrogens (tertiary/aromatic N) is 2. The fraction of sp³-hybridized carbons (Fsp3) is 0.464. The first-order chi connectivity index (χ1) is 17.7. The van der Waals surface area contributed by atoms with Crippen LogP contribution in [0, 0.1) is 5.92 Å². The Morgan fingerprint density at radius 3 is 2.05 bits per heavy atom. The van der Waals surface area contributed by atoms with Gasteiger partial charge in [-0.1, -0.05) is 80.3 Å². The van der Waals surface area contributed by atoms with Gasteiger partial charge in [-0.05, 0) is 35.9 Å². The van der Waals surface area contributed by atoms with Gasteiger partial charge >= 0.3 is 18.2 Å². The molecule has 198 valence electrons. The summed E-state index contributed by atoms with van der Waals surface area (Å²) in [5.41, 5.74) is 1.50. The van der Waals surface area contributed by atoms with Crippen LogP contribution >= 0.6 is 0 Å². The number of amides is 2. The van der Waals surface area contributed by atoms with E-state index in [0.717, 1.165) is 17.2 Å². The van der Waals surface area contributed by atoms with E-state index in [1.165, 1.54) is 4.90 Å². The molecule has 0 radical (unpaired) electrons. The van der Waals surface area contributed by atoms with Gasteiger partial charge in [-0.15, -0.1) is 0 Å². The summed E-state index contributed by atoms with van der Waals surface area (Å²) >= 11 is 0. The zero-order valence-electron chi connectivity index (χ0n) is 21.7. The van der Waals surface area contributed by atoms with Crippen LogP contribution < -0.4 is 0 Å². The summed E-state index contributed by atoms with van der Waals surface area (Å²) in [5.74, 6) is -0.808. The maximum atomic E-state index is 13.4. The van der Waals surface area contributed by atoms with E-state index in [-0.39, 0.29) is 12.0 Å². The predicted molar refractivity (Wildman–Crippen MR) is 142 cm³/mol. The standard InChI is InChI=1S/C28H36N2O6Si/c1-37(2,3)19-18-35-28(34)29-16-14-21(15-17-29)24-26(31)36-25(22-12-8-5-9-13-22)23(30(24)27(32)33)20-10-6-4-7-11-20/h4-13,21,23-25H,14-19H2,1-3H3,(H,32,33)/t23-,24-,25+/m1/s1. The van der Waals surface area contributed by atoms with Gasteiger partial charge in [0.25, 0.3) is 0 Å². The number of piperidine rings is 1. The molecule has 2 aliphatic heterocycles. The lowest BCUT2D eigenvalue weighted by atomic mass is 9.83. The van der Waals surface area contributed by atoms with Crippen LogP contribution in [0.1, 0.15) is 36.1 Å². The average molecular weight is 525 g/mol. The van der Waals surface area contributed by atoms with Crippen LogP contribution in [0.25, 0.3) is 0 Å². The summed E-state index contributed by atoms with van der Waals surface area (Å²) in [6.45, 7) is 7.92. The summed E-state index contributed by atoms with van der Waals surface area (Å²) in [5, 5.41) is 10.4. The molecule has 2 aromatic rings. The molecule has 2 fully saturated rings. The van der Waals surface area contributed by atoms with Gasteiger partial charge < -0.3 is 19.5 Å². The van der Waals surface area contributed by atoms with E-state index in [2.05, 4.69) is 19.6 Å². The molecular weight excluding hydrogens is 488 g/mol. The summed E-state index contributed by atoms with van der Waals surface area (Å²) < 4.78 is 11.5. The van der Waals surface area contributed by atoms with Crippen LogP contribution in [-0.4, -0.2) is 66.9 Å². The lowest BCUT2D eigenvalue weighted by Crippen LogP contribution is -2.58. The van der Waals surface area contributed by atoms with Crippen LogP contribution in [0.2, 0.25) is 25.7 Å². The van der Waals surface area contributed by atoms with E-state index in [0.29, 0.717) is 32.5 Å². The van der Waals surface area contributed by atoms with Crippen LogP contribution in [0.15, 0.2) is 60.7 Å². The number of rotatable bonds is 6. The Labute approximate surface area is 219 Å². The highest BCUT2D eigenvalue weighted by Crippen LogP contribution is 2.44. The van der Waals surface area contributed by atoms with Gasteiger partial charge in [0.2, 0.25) is 0 Å². The van der Waals surface area contributed by atoms with Gasteiger partial charge in [-0.25, -0.2) is 14.4 Å². The molecular formula is C28H36N2O6Si. The van der Waals surface area contributed by atoms with E-state index in [9.17, 15) is 19.5 Å². The zero-order chi connectivity index (χ0) is 26.6. The molecule has 0 unspecified atom stereocenters. The van der Waals surface area contributed by atoms with E-state index >= 15 is 0 Å². The molecule has 8 nitrogen and oxygen atoms in total. The Kier molecular flexibility index (Phi) is 8.21. The molecule has 2 heterocycles. The van der Waals surface area contributed by atoms with Gasteiger partial charge in [0.15, 0.2) is 6.10 Å².